The highest BCUT2D eigenvalue weighted by Crippen LogP contribution is 2.29. The third-order valence-corrected chi connectivity index (χ3v) is 3.71. The molecule has 1 amide bonds. The Balaban J connectivity index is 1.87. The standard InChI is InChI=1S/C18H15Cl2NO4/c1-24-13-5-2-4-12(10-13)8-9-17(23)25-11-16(22)21-18-14(19)6-3-7-15(18)20/h2-10H,11H2,1H3,(H,21,22)/b9-8+. The van der Waals surface area contributed by atoms with Crippen LogP contribution in [0.1, 0.15) is 5.56 Å². The largest absolute Gasteiger partial charge is 0.497 e. The molecule has 2 aromatic carbocycles. The monoisotopic (exact) mass is 379 g/mol. The van der Waals surface area contributed by atoms with Gasteiger partial charge in [-0.15, -0.1) is 0 Å². The first kappa shape index (κ1) is 18.8. The molecule has 0 unspecified atom stereocenters. The van der Waals surface area contributed by atoms with Crippen LogP contribution in [-0.2, 0) is 14.3 Å². The maximum absolute atomic E-state index is 11.8. The van der Waals surface area contributed by atoms with Crippen LogP contribution < -0.4 is 10.1 Å². The van der Waals surface area contributed by atoms with Crippen molar-refractivity contribution in [2.45, 2.75) is 0 Å². The summed E-state index contributed by atoms with van der Waals surface area (Å²) in [4.78, 5) is 23.5. The number of anilines is 1. The molecule has 130 valence electrons. The second-order valence-corrected chi connectivity index (χ2v) is 5.68. The average molecular weight is 380 g/mol. The van der Waals surface area contributed by atoms with Crippen LogP contribution in [0.2, 0.25) is 10.0 Å². The van der Waals surface area contributed by atoms with Crippen molar-refractivity contribution in [2.75, 3.05) is 19.0 Å². The minimum Gasteiger partial charge on any atom is -0.497 e. The third-order valence-electron chi connectivity index (χ3n) is 3.08. The second kappa shape index (κ2) is 9.11. The van der Waals surface area contributed by atoms with Gasteiger partial charge in [-0.25, -0.2) is 4.79 Å². The minimum absolute atomic E-state index is 0.277. The van der Waals surface area contributed by atoms with Gasteiger partial charge in [0.1, 0.15) is 5.75 Å². The molecule has 0 aliphatic carbocycles. The summed E-state index contributed by atoms with van der Waals surface area (Å²) in [6.45, 7) is -0.456. The number of amides is 1. The van der Waals surface area contributed by atoms with Gasteiger partial charge < -0.3 is 14.8 Å². The van der Waals surface area contributed by atoms with E-state index in [1.54, 1.807) is 55.7 Å². The summed E-state index contributed by atoms with van der Waals surface area (Å²) < 4.78 is 9.97. The topological polar surface area (TPSA) is 64.6 Å². The van der Waals surface area contributed by atoms with Gasteiger partial charge in [-0.3, -0.25) is 4.79 Å². The quantitative estimate of drug-likeness (QED) is 0.603. The van der Waals surface area contributed by atoms with E-state index in [2.05, 4.69) is 5.32 Å². The van der Waals surface area contributed by atoms with Gasteiger partial charge in [0, 0.05) is 6.08 Å². The molecule has 0 aliphatic heterocycles. The Morgan fingerprint density at radius 3 is 2.48 bits per heavy atom. The summed E-state index contributed by atoms with van der Waals surface area (Å²) in [6.07, 6.45) is 2.79. The van der Waals surface area contributed by atoms with Crippen molar-refractivity contribution >= 4 is 46.8 Å². The van der Waals surface area contributed by atoms with E-state index in [-0.39, 0.29) is 5.69 Å². The van der Waals surface area contributed by atoms with Crippen LogP contribution in [0.15, 0.2) is 48.5 Å². The molecule has 25 heavy (non-hydrogen) atoms. The van der Waals surface area contributed by atoms with Crippen molar-refractivity contribution < 1.29 is 19.1 Å². The van der Waals surface area contributed by atoms with Crippen LogP contribution in [0.25, 0.3) is 6.08 Å². The molecule has 0 bridgehead atoms. The van der Waals surface area contributed by atoms with E-state index in [9.17, 15) is 9.59 Å². The van der Waals surface area contributed by atoms with Crippen molar-refractivity contribution in [2.24, 2.45) is 0 Å². The Morgan fingerprint density at radius 1 is 1.12 bits per heavy atom. The molecule has 0 saturated carbocycles. The van der Waals surface area contributed by atoms with E-state index in [1.807, 2.05) is 0 Å². The fourth-order valence-electron chi connectivity index (χ4n) is 1.89. The molecule has 0 saturated heterocycles. The van der Waals surface area contributed by atoms with Crippen LogP contribution in [0.3, 0.4) is 0 Å². The number of ether oxygens (including phenoxy) is 2. The van der Waals surface area contributed by atoms with Gasteiger partial charge in [0.25, 0.3) is 5.91 Å². The van der Waals surface area contributed by atoms with Gasteiger partial charge in [0.2, 0.25) is 0 Å². The smallest absolute Gasteiger partial charge is 0.331 e. The maximum atomic E-state index is 11.8. The highest BCUT2D eigenvalue weighted by Gasteiger charge is 2.11. The SMILES string of the molecule is COc1cccc(/C=C/C(=O)OCC(=O)Nc2c(Cl)cccc2Cl)c1. The van der Waals surface area contributed by atoms with Gasteiger partial charge in [0.05, 0.1) is 22.8 Å². The van der Waals surface area contributed by atoms with E-state index >= 15 is 0 Å². The predicted molar refractivity (Wildman–Crippen MR) is 98.1 cm³/mol. The summed E-state index contributed by atoms with van der Waals surface area (Å²) >= 11 is 11.9. The number of carbonyl (C=O) groups excluding carboxylic acids is 2. The number of para-hydroxylation sites is 1. The van der Waals surface area contributed by atoms with E-state index in [0.29, 0.717) is 15.8 Å². The molecular weight excluding hydrogens is 365 g/mol. The average Bonchev–Trinajstić information content (AvgIpc) is 2.61. The lowest BCUT2D eigenvalue weighted by Crippen LogP contribution is -2.20. The van der Waals surface area contributed by atoms with E-state index < -0.39 is 18.5 Å². The zero-order valence-corrected chi connectivity index (χ0v) is 14.8. The van der Waals surface area contributed by atoms with Gasteiger partial charge in [-0.05, 0) is 35.9 Å². The van der Waals surface area contributed by atoms with Crippen LogP contribution in [-0.4, -0.2) is 25.6 Å². The summed E-state index contributed by atoms with van der Waals surface area (Å²) in [6, 6.07) is 12.0. The molecule has 0 heterocycles. The molecule has 0 aliphatic rings. The number of esters is 1. The number of carbonyl (C=O) groups is 2. The molecule has 5 nitrogen and oxygen atoms in total. The lowest BCUT2D eigenvalue weighted by atomic mass is 10.2. The van der Waals surface area contributed by atoms with Gasteiger partial charge in [0.15, 0.2) is 6.61 Å². The predicted octanol–water partition coefficient (Wildman–Crippen LogP) is 4.20. The fraction of sp³-hybridized carbons (Fsp3) is 0.111. The van der Waals surface area contributed by atoms with Crippen LogP contribution >= 0.6 is 23.2 Å². The van der Waals surface area contributed by atoms with Crippen molar-refractivity contribution in [1.82, 2.24) is 0 Å². The molecule has 0 radical (unpaired) electrons. The molecule has 2 aromatic rings. The lowest BCUT2D eigenvalue weighted by Gasteiger charge is -2.08. The fourth-order valence-corrected chi connectivity index (χ4v) is 2.38. The molecule has 1 N–H and O–H groups in total. The molecule has 0 fully saturated rings. The zero-order chi connectivity index (χ0) is 18.2. The number of halogens is 2. The Kier molecular flexibility index (Phi) is 6.86. The number of nitrogens with one attached hydrogen (secondary N) is 1. The summed E-state index contributed by atoms with van der Waals surface area (Å²) in [5.74, 6) is -0.520. The third kappa shape index (κ3) is 5.81. The number of hydrogen-bond donors (Lipinski definition) is 1. The van der Waals surface area contributed by atoms with Crippen LogP contribution in [0, 0.1) is 0 Å². The lowest BCUT2D eigenvalue weighted by molar-refractivity contribution is -0.142. The molecule has 2 rings (SSSR count). The van der Waals surface area contributed by atoms with Crippen molar-refractivity contribution in [3.8, 4) is 5.75 Å². The highest BCUT2D eigenvalue weighted by molar-refractivity contribution is 6.39. The Morgan fingerprint density at radius 2 is 1.80 bits per heavy atom. The van der Waals surface area contributed by atoms with Crippen LogP contribution in [0.4, 0.5) is 5.69 Å². The van der Waals surface area contributed by atoms with Crippen molar-refractivity contribution in [3.63, 3.8) is 0 Å². The Hall–Kier alpha value is -2.50. The molecule has 0 spiro atoms. The molecule has 0 aromatic heterocycles. The van der Waals surface area contributed by atoms with E-state index in [1.165, 1.54) is 6.08 Å². The minimum atomic E-state index is -0.650. The van der Waals surface area contributed by atoms with E-state index in [0.717, 1.165) is 5.56 Å². The van der Waals surface area contributed by atoms with Gasteiger partial charge >= 0.3 is 5.97 Å². The first-order valence-corrected chi connectivity index (χ1v) is 7.98. The van der Waals surface area contributed by atoms with Crippen molar-refractivity contribution in [3.05, 3.63) is 64.1 Å². The van der Waals surface area contributed by atoms with E-state index in [4.69, 9.17) is 32.7 Å². The summed E-state index contributed by atoms with van der Waals surface area (Å²) in [7, 11) is 1.56. The maximum Gasteiger partial charge on any atom is 0.331 e. The second-order valence-electron chi connectivity index (χ2n) is 4.86. The number of hydrogen-bond acceptors (Lipinski definition) is 4. The normalized spacial score (nSPS) is 10.5. The number of benzene rings is 2. The number of methoxy groups -OCH3 is 1. The molecule has 0 atom stereocenters. The first-order chi connectivity index (χ1) is 12.0. The first-order valence-electron chi connectivity index (χ1n) is 7.22. The van der Waals surface area contributed by atoms with Crippen molar-refractivity contribution in [1.29, 1.82) is 0 Å². The Labute approximate surface area is 155 Å². The highest BCUT2D eigenvalue weighted by atomic mass is 35.5. The molecular formula is C18H15Cl2NO4. The molecule has 7 heteroatoms. The Bertz CT molecular complexity index is 785. The summed E-state index contributed by atoms with van der Waals surface area (Å²) in [5.41, 5.74) is 1.04. The number of rotatable bonds is 6. The van der Waals surface area contributed by atoms with Gasteiger partial charge in [-0.2, -0.15) is 0 Å². The van der Waals surface area contributed by atoms with Gasteiger partial charge in [-0.1, -0.05) is 41.4 Å². The summed E-state index contributed by atoms with van der Waals surface area (Å²) in [5, 5.41) is 3.09. The zero-order valence-electron chi connectivity index (χ0n) is 13.3. The van der Waals surface area contributed by atoms with Crippen LogP contribution in [0.5, 0.6) is 5.75 Å².